The molecule has 1 aromatic heterocycles. The Morgan fingerprint density at radius 1 is 1.37 bits per heavy atom. The van der Waals surface area contributed by atoms with Gasteiger partial charge < -0.3 is 9.84 Å². The first-order valence-corrected chi connectivity index (χ1v) is 7.34. The number of hydrogen-bond donors (Lipinski definition) is 1. The molecule has 1 aliphatic rings. The van der Waals surface area contributed by atoms with Gasteiger partial charge in [0.05, 0.1) is 6.54 Å². The van der Waals surface area contributed by atoms with Crippen LogP contribution in [0, 0.1) is 11.8 Å². The van der Waals surface area contributed by atoms with Crippen molar-refractivity contribution in [3.05, 3.63) is 24.4 Å². The minimum atomic E-state index is 0.493. The van der Waals surface area contributed by atoms with E-state index >= 15 is 0 Å². The Kier molecular flexibility index (Phi) is 5.14. The summed E-state index contributed by atoms with van der Waals surface area (Å²) < 4.78 is 5.28. The van der Waals surface area contributed by atoms with Crippen molar-refractivity contribution in [1.29, 1.82) is 0 Å². The Morgan fingerprint density at radius 2 is 2.11 bits per heavy atom. The molecule has 0 saturated heterocycles. The van der Waals surface area contributed by atoms with Crippen LogP contribution in [0.4, 0.5) is 0 Å². The lowest BCUT2D eigenvalue weighted by Crippen LogP contribution is -2.18. The number of hydrogen-bond acceptors (Lipinski definition) is 4. The maximum Gasteiger partial charge on any atom is 0.240 e. The van der Waals surface area contributed by atoms with Gasteiger partial charge in [0.2, 0.25) is 5.89 Å². The highest BCUT2D eigenvalue weighted by Gasteiger charge is 2.27. The third kappa shape index (κ3) is 3.90. The van der Waals surface area contributed by atoms with Crippen molar-refractivity contribution in [3.8, 4) is 0 Å². The highest BCUT2D eigenvalue weighted by molar-refractivity contribution is 4.98. The van der Waals surface area contributed by atoms with Crippen molar-refractivity contribution < 1.29 is 4.52 Å². The molecule has 1 aromatic rings. The van der Waals surface area contributed by atoms with Crippen LogP contribution < -0.4 is 5.32 Å². The SMILES string of the molecule is C=CCNCc1nc(C2CCC(C(C)C)CC2)no1. The van der Waals surface area contributed by atoms with Crippen molar-refractivity contribution in [2.45, 2.75) is 52.0 Å². The molecule has 1 aliphatic carbocycles. The van der Waals surface area contributed by atoms with Crippen LogP contribution >= 0.6 is 0 Å². The number of nitrogens with zero attached hydrogens (tertiary/aromatic N) is 2. The van der Waals surface area contributed by atoms with Gasteiger partial charge in [0.25, 0.3) is 0 Å². The summed E-state index contributed by atoms with van der Waals surface area (Å²) >= 11 is 0. The van der Waals surface area contributed by atoms with E-state index in [4.69, 9.17) is 4.52 Å². The molecule has 0 bridgehead atoms. The molecule has 0 unspecified atom stereocenters. The van der Waals surface area contributed by atoms with Gasteiger partial charge in [-0.15, -0.1) is 6.58 Å². The van der Waals surface area contributed by atoms with Gasteiger partial charge >= 0.3 is 0 Å². The van der Waals surface area contributed by atoms with Gasteiger partial charge in [-0.3, -0.25) is 0 Å². The number of aromatic nitrogens is 2. The maximum absolute atomic E-state index is 5.28. The zero-order chi connectivity index (χ0) is 13.7. The minimum Gasteiger partial charge on any atom is -0.338 e. The molecule has 0 spiro atoms. The number of rotatable bonds is 6. The molecule has 0 atom stereocenters. The fourth-order valence-electron chi connectivity index (χ4n) is 2.83. The van der Waals surface area contributed by atoms with Crippen molar-refractivity contribution >= 4 is 0 Å². The summed E-state index contributed by atoms with van der Waals surface area (Å²) in [4.78, 5) is 4.50. The monoisotopic (exact) mass is 263 g/mol. The van der Waals surface area contributed by atoms with Crippen LogP contribution in [-0.4, -0.2) is 16.7 Å². The summed E-state index contributed by atoms with van der Waals surface area (Å²) in [6.07, 6.45) is 6.80. The van der Waals surface area contributed by atoms with Gasteiger partial charge in [-0.2, -0.15) is 4.98 Å². The van der Waals surface area contributed by atoms with Crippen LogP contribution in [0.5, 0.6) is 0 Å². The van der Waals surface area contributed by atoms with E-state index in [2.05, 4.69) is 35.9 Å². The van der Waals surface area contributed by atoms with E-state index in [-0.39, 0.29) is 0 Å². The van der Waals surface area contributed by atoms with E-state index in [1.165, 1.54) is 25.7 Å². The fraction of sp³-hybridized carbons (Fsp3) is 0.733. The molecule has 0 aliphatic heterocycles. The molecule has 106 valence electrons. The molecular formula is C15H25N3O. The average molecular weight is 263 g/mol. The fourth-order valence-corrected chi connectivity index (χ4v) is 2.83. The van der Waals surface area contributed by atoms with Crippen LogP contribution in [0.25, 0.3) is 0 Å². The summed E-state index contributed by atoms with van der Waals surface area (Å²) in [5.41, 5.74) is 0. The Hall–Kier alpha value is -1.16. The summed E-state index contributed by atoms with van der Waals surface area (Å²) in [7, 11) is 0. The van der Waals surface area contributed by atoms with Gasteiger partial charge in [-0.25, -0.2) is 0 Å². The van der Waals surface area contributed by atoms with Crippen molar-refractivity contribution in [2.24, 2.45) is 11.8 Å². The second-order valence-corrected chi connectivity index (χ2v) is 5.82. The Labute approximate surface area is 115 Å². The second-order valence-electron chi connectivity index (χ2n) is 5.82. The van der Waals surface area contributed by atoms with Gasteiger partial charge in [-0.05, 0) is 37.5 Å². The van der Waals surface area contributed by atoms with Gasteiger partial charge in [-0.1, -0.05) is 25.1 Å². The standard InChI is InChI=1S/C15H25N3O/c1-4-9-16-10-14-17-15(18-19-14)13-7-5-12(6-8-13)11(2)3/h4,11-13,16H,1,5-10H2,2-3H3. The summed E-state index contributed by atoms with van der Waals surface area (Å²) in [6, 6.07) is 0. The molecule has 1 saturated carbocycles. The van der Waals surface area contributed by atoms with E-state index < -0.39 is 0 Å². The molecule has 4 heteroatoms. The van der Waals surface area contributed by atoms with E-state index in [1.807, 2.05) is 6.08 Å². The topological polar surface area (TPSA) is 51.0 Å². The summed E-state index contributed by atoms with van der Waals surface area (Å²) in [5.74, 6) is 3.74. The van der Waals surface area contributed by atoms with Crippen LogP contribution in [0.3, 0.4) is 0 Å². The maximum atomic E-state index is 5.28. The van der Waals surface area contributed by atoms with Crippen LogP contribution in [0.2, 0.25) is 0 Å². The highest BCUT2D eigenvalue weighted by atomic mass is 16.5. The summed E-state index contributed by atoms with van der Waals surface area (Å²) in [6.45, 7) is 9.69. The third-order valence-electron chi connectivity index (χ3n) is 4.13. The first-order chi connectivity index (χ1) is 9.20. The normalized spacial score (nSPS) is 23.7. The van der Waals surface area contributed by atoms with Crippen molar-refractivity contribution in [1.82, 2.24) is 15.5 Å². The Bertz CT molecular complexity index is 392. The molecule has 2 rings (SSSR count). The quantitative estimate of drug-likeness (QED) is 0.632. The summed E-state index contributed by atoms with van der Waals surface area (Å²) in [5, 5.41) is 7.31. The van der Waals surface area contributed by atoms with Crippen molar-refractivity contribution in [3.63, 3.8) is 0 Å². The molecule has 0 radical (unpaired) electrons. The van der Waals surface area contributed by atoms with E-state index in [1.54, 1.807) is 0 Å². The Balaban J connectivity index is 1.84. The predicted octanol–water partition coefficient (Wildman–Crippen LogP) is 3.28. The zero-order valence-corrected chi connectivity index (χ0v) is 12.1. The molecule has 4 nitrogen and oxygen atoms in total. The van der Waals surface area contributed by atoms with E-state index in [9.17, 15) is 0 Å². The van der Waals surface area contributed by atoms with E-state index in [0.717, 1.165) is 24.2 Å². The van der Waals surface area contributed by atoms with E-state index in [0.29, 0.717) is 18.4 Å². The highest BCUT2D eigenvalue weighted by Crippen LogP contribution is 2.37. The molecule has 1 N–H and O–H groups in total. The largest absolute Gasteiger partial charge is 0.338 e. The molecule has 0 amide bonds. The van der Waals surface area contributed by atoms with Crippen LogP contribution in [0.15, 0.2) is 17.2 Å². The number of nitrogens with one attached hydrogen (secondary N) is 1. The lowest BCUT2D eigenvalue weighted by molar-refractivity contribution is 0.251. The van der Waals surface area contributed by atoms with Gasteiger partial charge in [0.15, 0.2) is 5.82 Å². The molecular weight excluding hydrogens is 238 g/mol. The first-order valence-electron chi connectivity index (χ1n) is 7.34. The molecule has 1 fully saturated rings. The second kappa shape index (κ2) is 6.85. The average Bonchev–Trinajstić information content (AvgIpc) is 2.88. The predicted molar refractivity (Wildman–Crippen MR) is 75.7 cm³/mol. The van der Waals surface area contributed by atoms with Gasteiger partial charge in [0.1, 0.15) is 0 Å². The zero-order valence-electron chi connectivity index (χ0n) is 12.1. The van der Waals surface area contributed by atoms with Crippen molar-refractivity contribution in [2.75, 3.05) is 6.54 Å². The third-order valence-corrected chi connectivity index (χ3v) is 4.13. The van der Waals surface area contributed by atoms with Crippen LogP contribution in [0.1, 0.15) is 57.2 Å². The first kappa shape index (κ1) is 14.3. The van der Waals surface area contributed by atoms with Crippen LogP contribution in [-0.2, 0) is 6.54 Å². The lowest BCUT2D eigenvalue weighted by Gasteiger charge is -2.29. The molecule has 19 heavy (non-hydrogen) atoms. The molecule has 0 aromatic carbocycles. The molecule has 1 heterocycles. The van der Waals surface area contributed by atoms with Gasteiger partial charge in [0, 0.05) is 12.5 Å². The Morgan fingerprint density at radius 3 is 2.74 bits per heavy atom. The minimum absolute atomic E-state index is 0.493. The lowest BCUT2D eigenvalue weighted by atomic mass is 9.77. The smallest absolute Gasteiger partial charge is 0.240 e.